The number of carbonyl (C=O) groups excluding carboxylic acids is 1. The monoisotopic (exact) mass is 384 g/mol. The van der Waals surface area contributed by atoms with Gasteiger partial charge in [-0.15, -0.1) is 0 Å². The molecule has 0 fully saturated rings. The smallest absolute Gasteiger partial charge is 0.240 e. The molecule has 1 aliphatic rings. The molecular weight excluding hydrogens is 360 g/mol. The van der Waals surface area contributed by atoms with Crippen molar-refractivity contribution >= 4 is 11.6 Å². The summed E-state index contributed by atoms with van der Waals surface area (Å²) >= 11 is 0. The molecule has 0 saturated carbocycles. The van der Waals surface area contributed by atoms with Crippen LogP contribution in [0, 0.1) is 0 Å². The van der Waals surface area contributed by atoms with Gasteiger partial charge in [-0.25, -0.2) is 5.01 Å². The number of para-hydroxylation sites is 1. The molecule has 0 saturated heterocycles. The lowest BCUT2D eigenvalue weighted by molar-refractivity contribution is -0.130. The largest absolute Gasteiger partial charge is 0.496 e. The average molecular weight is 384 g/mol. The Morgan fingerprint density at radius 1 is 0.929 bits per heavy atom. The Morgan fingerprint density at radius 3 is 2.21 bits per heavy atom. The zero-order valence-corrected chi connectivity index (χ0v) is 16.7. The van der Waals surface area contributed by atoms with Crippen LogP contribution in [0.25, 0.3) is 0 Å². The summed E-state index contributed by atoms with van der Waals surface area (Å²) in [6.45, 7) is 1.49. The molecule has 7 heteroatoms. The summed E-state index contributed by atoms with van der Waals surface area (Å²) in [6.07, 6.45) is 0.520. The maximum atomic E-state index is 12.3. The van der Waals surface area contributed by atoms with E-state index in [-0.39, 0.29) is 11.9 Å². The maximum absolute atomic E-state index is 12.3. The Balaban J connectivity index is 2.07. The van der Waals surface area contributed by atoms with Crippen LogP contribution in [0.1, 0.15) is 30.5 Å². The highest BCUT2D eigenvalue weighted by atomic mass is 16.5. The van der Waals surface area contributed by atoms with Crippen molar-refractivity contribution in [2.45, 2.75) is 19.4 Å². The van der Waals surface area contributed by atoms with E-state index in [1.54, 1.807) is 34.5 Å². The normalized spacial score (nSPS) is 15.8. The van der Waals surface area contributed by atoms with E-state index < -0.39 is 0 Å². The first-order valence-corrected chi connectivity index (χ1v) is 8.85. The molecule has 1 aliphatic heterocycles. The Kier molecular flexibility index (Phi) is 5.73. The molecule has 0 bridgehead atoms. The number of hydrogen-bond acceptors (Lipinski definition) is 6. The van der Waals surface area contributed by atoms with Crippen molar-refractivity contribution in [3.05, 3.63) is 47.5 Å². The van der Waals surface area contributed by atoms with Crippen LogP contribution in [0.5, 0.6) is 23.0 Å². The molecule has 0 aliphatic carbocycles. The number of amides is 1. The molecule has 0 N–H and O–H groups in total. The first-order chi connectivity index (χ1) is 13.5. The highest BCUT2D eigenvalue weighted by molar-refractivity contribution is 6.05. The third kappa shape index (κ3) is 3.35. The second-order valence-electron chi connectivity index (χ2n) is 6.25. The topological polar surface area (TPSA) is 69.6 Å². The van der Waals surface area contributed by atoms with Gasteiger partial charge in [0.2, 0.25) is 11.7 Å². The number of hydrazone groups is 1. The Hall–Kier alpha value is -3.22. The van der Waals surface area contributed by atoms with E-state index in [1.165, 1.54) is 11.9 Å². The summed E-state index contributed by atoms with van der Waals surface area (Å²) < 4.78 is 21.9. The summed E-state index contributed by atoms with van der Waals surface area (Å²) in [4.78, 5) is 12.3. The molecule has 0 aromatic heterocycles. The standard InChI is InChI=1S/C21H24N2O5/c1-13(24)23-17(12-16(22-23)14-8-6-7-9-18(14)25-2)15-10-11-19(26-3)21(28-5)20(15)27-4/h6-11,17H,12H2,1-5H3/t17-/m1/s1. The van der Waals surface area contributed by atoms with Crippen molar-refractivity contribution in [2.24, 2.45) is 5.10 Å². The van der Waals surface area contributed by atoms with Gasteiger partial charge >= 0.3 is 0 Å². The average Bonchev–Trinajstić information content (AvgIpc) is 3.17. The van der Waals surface area contributed by atoms with Gasteiger partial charge in [-0.1, -0.05) is 12.1 Å². The SMILES string of the molecule is COc1ccccc1C1=NN(C(C)=O)[C@@H](c2ccc(OC)c(OC)c2OC)C1. The third-order valence-corrected chi connectivity index (χ3v) is 4.74. The van der Waals surface area contributed by atoms with Crippen molar-refractivity contribution in [2.75, 3.05) is 28.4 Å². The number of carbonyl (C=O) groups is 1. The van der Waals surface area contributed by atoms with Crippen molar-refractivity contribution < 1.29 is 23.7 Å². The van der Waals surface area contributed by atoms with E-state index in [0.717, 1.165) is 16.8 Å². The van der Waals surface area contributed by atoms with Gasteiger partial charge in [0.25, 0.3) is 0 Å². The minimum atomic E-state index is -0.327. The summed E-state index contributed by atoms with van der Waals surface area (Å²) in [5.41, 5.74) is 2.43. The molecule has 1 amide bonds. The lowest BCUT2D eigenvalue weighted by Gasteiger charge is -2.24. The lowest BCUT2D eigenvalue weighted by atomic mass is 9.96. The predicted molar refractivity (Wildman–Crippen MR) is 106 cm³/mol. The predicted octanol–water partition coefficient (Wildman–Crippen LogP) is 3.42. The molecule has 0 unspecified atom stereocenters. The van der Waals surface area contributed by atoms with Crippen LogP contribution in [-0.4, -0.2) is 45.1 Å². The highest BCUT2D eigenvalue weighted by Crippen LogP contribution is 2.46. The van der Waals surface area contributed by atoms with Crippen LogP contribution in [-0.2, 0) is 4.79 Å². The van der Waals surface area contributed by atoms with Gasteiger partial charge in [0.05, 0.1) is 40.2 Å². The fourth-order valence-corrected chi connectivity index (χ4v) is 3.48. The molecule has 7 nitrogen and oxygen atoms in total. The highest BCUT2D eigenvalue weighted by Gasteiger charge is 2.35. The molecule has 0 spiro atoms. The van der Waals surface area contributed by atoms with E-state index >= 15 is 0 Å². The van der Waals surface area contributed by atoms with E-state index in [0.29, 0.717) is 29.4 Å². The quantitative estimate of drug-likeness (QED) is 0.763. The molecule has 1 heterocycles. The second kappa shape index (κ2) is 8.21. The van der Waals surface area contributed by atoms with Gasteiger partial charge < -0.3 is 18.9 Å². The molecule has 148 valence electrons. The molecule has 28 heavy (non-hydrogen) atoms. The van der Waals surface area contributed by atoms with E-state index in [4.69, 9.17) is 18.9 Å². The number of ether oxygens (including phenoxy) is 4. The van der Waals surface area contributed by atoms with Crippen LogP contribution in [0.4, 0.5) is 0 Å². The van der Waals surface area contributed by atoms with Gasteiger partial charge in [-0.3, -0.25) is 4.79 Å². The van der Waals surface area contributed by atoms with Gasteiger partial charge in [0, 0.05) is 24.5 Å². The fraction of sp³-hybridized carbons (Fsp3) is 0.333. The summed E-state index contributed by atoms with van der Waals surface area (Å²) in [6, 6.07) is 11.0. The van der Waals surface area contributed by atoms with Crippen LogP contribution >= 0.6 is 0 Å². The van der Waals surface area contributed by atoms with Crippen LogP contribution in [0.15, 0.2) is 41.5 Å². The van der Waals surface area contributed by atoms with Gasteiger partial charge in [0.15, 0.2) is 11.5 Å². The Labute approximate surface area is 164 Å². The van der Waals surface area contributed by atoms with Crippen molar-refractivity contribution in [3.63, 3.8) is 0 Å². The molecule has 2 aromatic carbocycles. The number of methoxy groups -OCH3 is 4. The number of benzene rings is 2. The van der Waals surface area contributed by atoms with Crippen molar-refractivity contribution in [3.8, 4) is 23.0 Å². The van der Waals surface area contributed by atoms with E-state index in [1.807, 2.05) is 30.3 Å². The number of hydrogen-bond donors (Lipinski definition) is 0. The summed E-state index contributed by atoms with van der Waals surface area (Å²) in [5, 5.41) is 6.07. The van der Waals surface area contributed by atoms with Crippen LogP contribution < -0.4 is 18.9 Å². The van der Waals surface area contributed by atoms with Crippen molar-refractivity contribution in [1.29, 1.82) is 0 Å². The second-order valence-corrected chi connectivity index (χ2v) is 6.25. The number of nitrogens with zero attached hydrogens (tertiary/aromatic N) is 2. The van der Waals surface area contributed by atoms with Gasteiger partial charge in [-0.2, -0.15) is 5.10 Å². The third-order valence-electron chi connectivity index (χ3n) is 4.74. The van der Waals surface area contributed by atoms with E-state index in [2.05, 4.69) is 5.10 Å². The van der Waals surface area contributed by atoms with Gasteiger partial charge in [-0.05, 0) is 24.3 Å². The number of rotatable bonds is 6. The molecule has 2 aromatic rings. The van der Waals surface area contributed by atoms with Crippen LogP contribution in [0.2, 0.25) is 0 Å². The first-order valence-electron chi connectivity index (χ1n) is 8.85. The maximum Gasteiger partial charge on any atom is 0.240 e. The zero-order chi connectivity index (χ0) is 20.3. The molecular formula is C21H24N2O5. The molecule has 1 atom stereocenters. The zero-order valence-electron chi connectivity index (χ0n) is 16.7. The summed E-state index contributed by atoms with van der Waals surface area (Å²) in [7, 11) is 6.30. The molecule has 3 rings (SSSR count). The first kappa shape index (κ1) is 19.5. The van der Waals surface area contributed by atoms with E-state index in [9.17, 15) is 4.79 Å². The van der Waals surface area contributed by atoms with Gasteiger partial charge in [0.1, 0.15) is 5.75 Å². The van der Waals surface area contributed by atoms with Crippen LogP contribution in [0.3, 0.4) is 0 Å². The fourth-order valence-electron chi connectivity index (χ4n) is 3.48. The minimum absolute atomic E-state index is 0.160. The Bertz CT molecular complexity index is 910. The minimum Gasteiger partial charge on any atom is -0.496 e. The lowest BCUT2D eigenvalue weighted by Crippen LogP contribution is -2.24. The van der Waals surface area contributed by atoms with Crippen molar-refractivity contribution in [1.82, 2.24) is 5.01 Å². The molecule has 0 radical (unpaired) electrons. The Morgan fingerprint density at radius 2 is 1.61 bits per heavy atom. The summed E-state index contributed by atoms with van der Waals surface area (Å²) in [5.74, 6) is 2.11.